The van der Waals surface area contributed by atoms with Crippen LogP contribution < -0.4 is 5.32 Å². The molecule has 1 aromatic carbocycles. The molecule has 0 radical (unpaired) electrons. The number of halogens is 2. The molecule has 1 N–H and O–H groups in total. The van der Waals surface area contributed by atoms with Gasteiger partial charge in [-0.1, -0.05) is 30.3 Å². The molecule has 0 unspecified atom stereocenters. The van der Waals surface area contributed by atoms with Gasteiger partial charge in [0.2, 0.25) is 5.95 Å². The Kier molecular flexibility index (Phi) is 8.40. The van der Waals surface area contributed by atoms with Gasteiger partial charge in [-0.15, -0.1) is 23.2 Å². The molecule has 0 aliphatic heterocycles. The highest BCUT2D eigenvalue weighted by Crippen LogP contribution is 2.27. The molecule has 0 amide bonds. The van der Waals surface area contributed by atoms with Crippen LogP contribution in [-0.4, -0.2) is 52.1 Å². The van der Waals surface area contributed by atoms with Gasteiger partial charge in [-0.05, 0) is 42.5 Å². The van der Waals surface area contributed by atoms with E-state index < -0.39 is 0 Å². The summed E-state index contributed by atoms with van der Waals surface area (Å²) in [7, 11) is 2.07. The lowest BCUT2D eigenvalue weighted by Gasteiger charge is -2.28. The second-order valence-corrected chi connectivity index (χ2v) is 8.00. The second-order valence-electron chi connectivity index (χ2n) is 7.24. The van der Waals surface area contributed by atoms with E-state index in [-0.39, 0.29) is 0 Å². The van der Waals surface area contributed by atoms with Crippen LogP contribution in [0.1, 0.15) is 28.9 Å². The summed E-state index contributed by atoms with van der Waals surface area (Å²) in [6, 6.07) is 8.23. The fourth-order valence-corrected chi connectivity index (χ4v) is 4.12. The van der Waals surface area contributed by atoms with E-state index in [1.165, 1.54) is 23.0 Å². The molecule has 3 rings (SSSR count). The van der Waals surface area contributed by atoms with Gasteiger partial charge in [-0.2, -0.15) is 0 Å². The summed E-state index contributed by atoms with van der Waals surface area (Å²) < 4.78 is 2.16. The van der Waals surface area contributed by atoms with Crippen LogP contribution in [-0.2, 0) is 24.7 Å². The molecule has 0 atom stereocenters. The third-order valence-electron chi connectivity index (χ3n) is 5.32. The molecule has 7 heteroatoms. The van der Waals surface area contributed by atoms with Crippen molar-refractivity contribution in [2.24, 2.45) is 7.05 Å². The number of nitrogens with zero attached hydrogens (tertiary/aromatic N) is 3. The zero-order chi connectivity index (χ0) is 21.3. The van der Waals surface area contributed by atoms with Gasteiger partial charge in [0.15, 0.2) is 0 Å². The Morgan fingerprint density at radius 3 is 2.57 bits per heavy atom. The average molecular weight is 447 g/mol. The first-order valence-corrected chi connectivity index (χ1v) is 11.3. The monoisotopic (exact) mass is 446 g/mol. The summed E-state index contributed by atoms with van der Waals surface area (Å²) in [5.74, 6) is 2.07. The molecule has 1 aromatic heterocycles. The van der Waals surface area contributed by atoms with E-state index in [0.717, 1.165) is 62.4 Å². The van der Waals surface area contributed by atoms with Crippen LogP contribution in [0.2, 0.25) is 0 Å². The number of rotatable bonds is 11. The minimum atomic E-state index is 0.588. The van der Waals surface area contributed by atoms with Gasteiger partial charge in [-0.25, -0.2) is 4.98 Å². The van der Waals surface area contributed by atoms with Gasteiger partial charge in [0.05, 0.1) is 5.69 Å². The Labute approximate surface area is 188 Å². The minimum Gasteiger partial charge on any atom is -0.372 e. The van der Waals surface area contributed by atoms with Crippen molar-refractivity contribution in [3.8, 4) is 0 Å². The normalized spacial score (nSPS) is 13.2. The Hall–Kier alpha value is -2.24. The van der Waals surface area contributed by atoms with Gasteiger partial charge in [0, 0.05) is 49.8 Å². The Balaban J connectivity index is 1.62. The number of carbonyl (C=O) groups is 1. The van der Waals surface area contributed by atoms with E-state index in [1.54, 1.807) is 6.08 Å². The first kappa shape index (κ1) is 22.4. The molecule has 5 nitrogen and oxygen atoms in total. The maximum atomic E-state index is 10.4. The maximum absolute atomic E-state index is 10.4. The average Bonchev–Trinajstić information content (AvgIpc) is 3.08. The maximum Gasteiger partial charge on any atom is 0.203 e. The molecule has 0 spiro atoms. The van der Waals surface area contributed by atoms with Gasteiger partial charge >= 0.3 is 0 Å². The van der Waals surface area contributed by atoms with Crippen LogP contribution in [0.3, 0.4) is 0 Å². The summed E-state index contributed by atoms with van der Waals surface area (Å²) >= 11 is 11.9. The predicted molar refractivity (Wildman–Crippen MR) is 126 cm³/mol. The molecule has 1 heterocycles. The molecule has 0 fully saturated rings. The molecular formula is C23H28Cl2N4O. The molecule has 0 bridgehead atoms. The molecule has 2 aromatic rings. The van der Waals surface area contributed by atoms with E-state index in [1.807, 2.05) is 12.1 Å². The number of allylic oxidation sites excluding steroid dienone is 2. The van der Waals surface area contributed by atoms with Crippen LogP contribution >= 0.6 is 23.2 Å². The van der Waals surface area contributed by atoms with Crippen molar-refractivity contribution < 1.29 is 4.79 Å². The quantitative estimate of drug-likeness (QED) is 0.316. The number of aromatic nitrogens is 2. The first-order chi connectivity index (χ1) is 14.7. The largest absolute Gasteiger partial charge is 0.372 e. The third kappa shape index (κ3) is 5.67. The van der Waals surface area contributed by atoms with Gasteiger partial charge in [-0.3, -0.25) is 4.79 Å². The number of hydrogen-bond donors (Lipinski definition) is 1. The summed E-state index contributed by atoms with van der Waals surface area (Å²) in [4.78, 5) is 17.5. The summed E-state index contributed by atoms with van der Waals surface area (Å²) in [6.07, 6.45) is 9.11. The number of anilines is 1. The summed E-state index contributed by atoms with van der Waals surface area (Å²) in [5.41, 5.74) is 5.81. The number of carbonyl (C=O) groups excluding carboxylic acids is 1. The number of hydrogen-bond acceptors (Lipinski definition) is 4. The SMILES string of the molecule is Cn1c(NCCc2ccc(C=CC=O)cc2)nc2c1CCC(N(CCCl)CCCl)=C2. The van der Waals surface area contributed by atoms with Crippen molar-refractivity contribution in [2.75, 3.05) is 36.7 Å². The summed E-state index contributed by atoms with van der Waals surface area (Å²) in [6.45, 7) is 2.41. The molecule has 0 saturated heterocycles. The van der Waals surface area contributed by atoms with Gasteiger partial charge in [0.25, 0.3) is 0 Å². The topological polar surface area (TPSA) is 50.2 Å². The molecule has 0 saturated carbocycles. The van der Waals surface area contributed by atoms with E-state index in [4.69, 9.17) is 28.2 Å². The molecule has 30 heavy (non-hydrogen) atoms. The molecule has 160 valence electrons. The smallest absolute Gasteiger partial charge is 0.203 e. The number of imidazole rings is 1. The molecule has 1 aliphatic carbocycles. The fraction of sp³-hybridized carbons (Fsp3) is 0.391. The van der Waals surface area contributed by atoms with Gasteiger partial charge in [0.1, 0.15) is 6.29 Å². The molecular weight excluding hydrogens is 419 g/mol. The summed E-state index contributed by atoms with van der Waals surface area (Å²) in [5, 5.41) is 3.47. The van der Waals surface area contributed by atoms with Crippen LogP contribution in [0.4, 0.5) is 5.95 Å². The highest BCUT2D eigenvalue weighted by molar-refractivity contribution is 6.18. The number of aldehydes is 1. The number of benzene rings is 1. The van der Waals surface area contributed by atoms with Gasteiger partial charge < -0.3 is 14.8 Å². The van der Waals surface area contributed by atoms with Crippen LogP contribution in [0.25, 0.3) is 12.2 Å². The lowest BCUT2D eigenvalue weighted by atomic mass is 10.0. The number of nitrogens with one attached hydrogen (secondary N) is 1. The zero-order valence-electron chi connectivity index (χ0n) is 17.3. The van der Waals surface area contributed by atoms with Crippen LogP contribution in [0, 0.1) is 0 Å². The van der Waals surface area contributed by atoms with E-state index in [2.05, 4.69) is 40.0 Å². The minimum absolute atomic E-state index is 0.588. The lowest BCUT2D eigenvalue weighted by Crippen LogP contribution is -2.28. The van der Waals surface area contributed by atoms with E-state index in [9.17, 15) is 4.79 Å². The highest BCUT2D eigenvalue weighted by Gasteiger charge is 2.21. The highest BCUT2D eigenvalue weighted by atomic mass is 35.5. The number of fused-ring (bicyclic) bond motifs is 1. The van der Waals surface area contributed by atoms with Crippen molar-refractivity contribution in [3.63, 3.8) is 0 Å². The molecule has 1 aliphatic rings. The first-order valence-electron chi connectivity index (χ1n) is 10.2. The van der Waals surface area contributed by atoms with Crippen molar-refractivity contribution >= 4 is 47.6 Å². The van der Waals surface area contributed by atoms with Crippen molar-refractivity contribution in [1.82, 2.24) is 14.5 Å². The van der Waals surface area contributed by atoms with Crippen LogP contribution in [0.5, 0.6) is 0 Å². The third-order valence-corrected chi connectivity index (χ3v) is 5.66. The van der Waals surface area contributed by atoms with E-state index in [0.29, 0.717) is 11.8 Å². The van der Waals surface area contributed by atoms with Crippen molar-refractivity contribution in [3.05, 3.63) is 58.6 Å². The Bertz CT molecular complexity index is 897. The Morgan fingerprint density at radius 1 is 1.17 bits per heavy atom. The lowest BCUT2D eigenvalue weighted by molar-refractivity contribution is -0.104. The van der Waals surface area contributed by atoms with Crippen LogP contribution in [0.15, 0.2) is 36.0 Å². The predicted octanol–water partition coefficient (Wildman–Crippen LogP) is 4.35. The zero-order valence-corrected chi connectivity index (χ0v) is 18.8. The fourth-order valence-electron chi connectivity index (χ4n) is 3.72. The second kappa shape index (κ2) is 11.2. The Morgan fingerprint density at radius 2 is 1.90 bits per heavy atom. The standard InChI is InChI=1S/C23H28Cl2N4O/c1-28-22-9-8-20(29(14-11-24)15-12-25)17-21(22)27-23(28)26-13-10-19-6-4-18(5-7-19)3-2-16-30/h2-7,16-17H,8-15H2,1H3,(H,26,27). The number of alkyl halides is 2. The van der Waals surface area contributed by atoms with Crippen molar-refractivity contribution in [2.45, 2.75) is 19.3 Å². The van der Waals surface area contributed by atoms with E-state index >= 15 is 0 Å². The van der Waals surface area contributed by atoms with Crippen molar-refractivity contribution in [1.29, 1.82) is 0 Å².